The van der Waals surface area contributed by atoms with E-state index in [2.05, 4.69) is 39.9 Å². The number of hydrogen-bond donors (Lipinski definition) is 2. The first-order chi connectivity index (χ1) is 14.5. The molecule has 1 amide bonds. The quantitative estimate of drug-likeness (QED) is 0.645. The lowest BCUT2D eigenvalue weighted by Crippen LogP contribution is -2.52. The third kappa shape index (κ3) is 4.49. The lowest BCUT2D eigenvalue weighted by Gasteiger charge is -2.39. The molecular formula is C22H27N5O3. The van der Waals surface area contributed by atoms with Gasteiger partial charge in [0.15, 0.2) is 5.65 Å². The van der Waals surface area contributed by atoms with Crippen LogP contribution in [0.5, 0.6) is 0 Å². The van der Waals surface area contributed by atoms with E-state index in [4.69, 9.17) is 9.90 Å². The highest BCUT2D eigenvalue weighted by Gasteiger charge is 2.26. The molecule has 0 spiro atoms. The van der Waals surface area contributed by atoms with Crippen LogP contribution >= 0.6 is 0 Å². The van der Waals surface area contributed by atoms with E-state index in [0.717, 1.165) is 59.6 Å². The molecule has 2 aromatic heterocycles. The average Bonchev–Trinajstić information content (AvgIpc) is 3.21. The van der Waals surface area contributed by atoms with E-state index in [-0.39, 0.29) is 12.4 Å². The number of H-pyrrole nitrogens is 1. The van der Waals surface area contributed by atoms with Crippen molar-refractivity contribution in [2.75, 3.05) is 26.7 Å². The number of likely N-dealkylation sites (N-methyl/N-ethyl adjacent to an activating group) is 1. The Hall–Kier alpha value is -3.26. The van der Waals surface area contributed by atoms with Gasteiger partial charge in [-0.1, -0.05) is 19.1 Å². The molecule has 1 unspecified atom stereocenters. The molecule has 8 nitrogen and oxygen atoms in total. The molecule has 2 N–H and O–H groups in total. The predicted molar refractivity (Wildman–Crippen MR) is 115 cm³/mol. The Morgan fingerprint density at radius 3 is 2.67 bits per heavy atom. The van der Waals surface area contributed by atoms with E-state index in [1.807, 2.05) is 36.1 Å². The fourth-order valence-corrected chi connectivity index (χ4v) is 3.80. The first-order valence-corrected chi connectivity index (χ1v) is 9.97. The highest BCUT2D eigenvalue weighted by molar-refractivity contribution is 5.95. The minimum Gasteiger partial charge on any atom is -0.483 e. The van der Waals surface area contributed by atoms with E-state index in [1.54, 1.807) is 6.33 Å². The highest BCUT2D eigenvalue weighted by atomic mass is 16.3. The largest absolute Gasteiger partial charge is 0.483 e. The first-order valence-electron chi connectivity index (χ1n) is 9.97. The van der Waals surface area contributed by atoms with Crippen molar-refractivity contribution in [1.82, 2.24) is 24.8 Å². The van der Waals surface area contributed by atoms with Crippen molar-refractivity contribution < 1.29 is 14.7 Å². The molecule has 1 aliphatic rings. The minimum atomic E-state index is -0.250. The molecule has 1 fully saturated rings. The van der Waals surface area contributed by atoms with Crippen LogP contribution in [-0.4, -0.2) is 75.0 Å². The van der Waals surface area contributed by atoms with Gasteiger partial charge in [0, 0.05) is 42.5 Å². The fourth-order valence-electron chi connectivity index (χ4n) is 3.80. The molecule has 1 aromatic carbocycles. The van der Waals surface area contributed by atoms with Crippen LogP contribution in [0.3, 0.4) is 0 Å². The van der Waals surface area contributed by atoms with Gasteiger partial charge in [-0.3, -0.25) is 14.5 Å². The van der Waals surface area contributed by atoms with Gasteiger partial charge in [-0.25, -0.2) is 9.97 Å². The molecule has 1 atom stereocenters. The smallest absolute Gasteiger partial charge is 0.290 e. The summed E-state index contributed by atoms with van der Waals surface area (Å²) in [5, 5.41) is 6.89. The number of hydrogen-bond acceptors (Lipinski definition) is 5. The van der Waals surface area contributed by atoms with Crippen LogP contribution < -0.4 is 0 Å². The minimum absolute atomic E-state index is 0.118. The number of nitrogens with one attached hydrogen (secondary N) is 1. The third-order valence-electron chi connectivity index (χ3n) is 5.58. The van der Waals surface area contributed by atoms with E-state index in [0.29, 0.717) is 6.04 Å². The number of aromatic amines is 1. The zero-order chi connectivity index (χ0) is 21.7. The van der Waals surface area contributed by atoms with E-state index >= 15 is 0 Å². The number of imidazole rings is 1. The summed E-state index contributed by atoms with van der Waals surface area (Å²) in [6, 6.07) is 10.4. The molecule has 0 bridgehead atoms. The number of rotatable bonds is 3. The number of piperazine rings is 1. The second-order valence-electron chi connectivity index (χ2n) is 7.37. The average molecular weight is 409 g/mol. The second-order valence-corrected chi connectivity index (χ2v) is 7.37. The molecule has 1 saturated heterocycles. The van der Waals surface area contributed by atoms with Gasteiger partial charge in [-0.05, 0) is 44.2 Å². The SMILES string of the molecule is CCC1CN(C(=O)c2ccc(-c3cc4[nH]cnc4nc3C)cc2)CCN1C.O=CO. The normalized spacial score (nSPS) is 16.8. The zero-order valence-corrected chi connectivity index (χ0v) is 17.5. The number of benzene rings is 1. The maximum absolute atomic E-state index is 12.9. The predicted octanol–water partition coefficient (Wildman–Crippen LogP) is 2.80. The summed E-state index contributed by atoms with van der Waals surface area (Å²) in [6.45, 7) is 6.42. The molecule has 30 heavy (non-hydrogen) atoms. The number of carbonyl (C=O) groups is 2. The van der Waals surface area contributed by atoms with Gasteiger partial charge >= 0.3 is 0 Å². The Kier molecular flexibility index (Phi) is 6.79. The van der Waals surface area contributed by atoms with Crippen LogP contribution in [0.2, 0.25) is 0 Å². The number of aromatic nitrogens is 3. The van der Waals surface area contributed by atoms with Crippen LogP contribution in [0.1, 0.15) is 29.4 Å². The van der Waals surface area contributed by atoms with Crippen molar-refractivity contribution in [3.63, 3.8) is 0 Å². The van der Waals surface area contributed by atoms with Crippen molar-refractivity contribution in [1.29, 1.82) is 0 Å². The van der Waals surface area contributed by atoms with Crippen LogP contribution in [0.15, 0.2) is 36.7 Å². The van der Waals surface area contributed by atoms with Crippen molar-refractivity contribution in [2.45, 2.75) is 26.3 Å². The van der Waals surface area contributed by atoms with E-state index in [9.17, 15) is 4.79 Å². The number of nitrogens with zero attached hydrogens (tertiary/aromatic N) is 4. The number of pyridine rings is 1. The molecule has 0 radical (unpaired) electrons. The van der Waals surface area contributed by atoms with Crippen LogP contribution in [0, 0.1) is 6.92 Å². The Bertz CT molecular complexity index is 1020. The molecule has 8 heteroatoms. The Morgan fingerprint density at radius 2 is 2.00 bits per heavy atom. The van der Waals surface area contributed by atoms with Crippen molar-refractivity contribution in [3.05, 3.63) is 47.9 Å². The Balaban J connectivity index is 0.000000806. The van der Waals surface area contributed by atoms with E-state index < -0.39 is 0 Å². The molecule has 158 valence electrons. The first kappa shape index (κ1) is 21.4. The maximum atomic E-state index is 12.9. The number of amides is 1. The summed E-state index contributed by atoms with van der Waals surface area (Å²) in [5.41, 5.74) is 5.42. The summed E-state index contributed by atoms with van der Waals surface area (Å²) in [4.78, 5) is 37.4. The summed E-state index contributed by atoms with van der Waals surface area (Å²) < 4.78 is 0. The lowest BCUT2D eigenvalue weighted by molar-refractivity contribution is -0.122. The van der Waals surface area contributed by atoms with Crippen molar-refractivity contribution in [2.24, 2.45) is 0 Å². The molecule has 1 aliphatic heterocycles. The van der Waals surface area contributed by atoms with Crippen molar-refractivity contribution in [3.8, 4) is 11.1 Å². The monoisotopic (exact) mass is 409 g/mol. The van der Waals surface area contributed by atoms with Crippen LogP contribution in [0.4, 0.5) is 0 Å². The zero-order valence-electron chi connectivity index (χ0n) is 17.5. The summed E-state index contributed by atoms with van der Waals surface area (Å²) in [5.74, 6) is 0.118. The molecule has 0 saturated carbocycles. The summed E-state index contributed by atoms with van der Waals surface area (Å²) >= 11 is 0. The number of carbonyl (C=O) groups excluding carboxylic acids is 1. The second kappa shape index (κ2) is 9.49. The third-order valence-corrected chi connectivity index (χ3v) is 5.58. The van der Waals surface area contributed by atoms with Crippen molar-refractivity contribution >= 4 is 23.5 Å². The summed E-state index contributed by atoms with van der Waals surface area (Å²) in [7, 11) is 2.14. The van der Waals surface area contributed by atoms with Gasteiger partial charge in [0.25, 0.3) is 12.4 Å². The highest BCUT2D eigenvalue weighted by Crippen LogP contribution is 2.26. The Labute approximate surface area is 175 Å². The van der Waals surface area contributed by atoms with Crippen LogP contribution in [0.25, 0.3) is 22.3 Å². The topological polar surface area (TPSA) is 102 Å². The molecule has 4 rings (SSSR count). The molecule has 0 aliphatic carbocycles. The van der Waals surface area contributed by atoms with Gasteiger partial charge in [0.05, 0.1) is 11.8 Å². The lowest BCUT2D eigenvalue weighted by atomic mass is 10.0. The van der Waals surface area contributed by atoms with Gasteiger partial charge in [-0.2, -0.15) is 0 Å². The van der Waals surface area contributed by atoms with Gasteiger partial charge < -0.3 is 15.0 Å². The number of fused-ring (bicyclic) bond motifs is 1. The van der Waals surface area contributed by atoms with Gasteiger partial charge in [-0.15, -0.1) is 0 Å². The van der Waals surface area contributed by atoms with Crippen LogP contribution in [-0.2, 0) is 4.79 Å². The van der Waals surface area contributed by atoms with Gasteiger partial charge in [0.1, 0.15) is 0 Å². The standard InChI is InChI=1S/C21H25N5O.CH2O2/c1-4-17-12-26(10-9-25(17)3)21(27)16-7-5-15(6-8-16)18-11-19-20(23-13-22-19)24-14(18)2;2-1-3/h5-8,11,13,17H,4,9-10,12H2,1-3H3,(H,22,23,24);1H,(H,2,3). The number of aryl methyl sites for hydroxylation is 1. The van der Waals surface area contributed by atoms with E-state index in [1.165, 1.54) is 0 Å². The molecular weight excluding hydrogens is 382 g/mol. The summed E-state index contributed by atoms with van der Waals surface area (Å²) in [6.07, 6.45) is 2.71. The maximum Gasteiger partial charge on any atom is 0.290 e. The molecule has 3 heterocycles. The Morgan fingerprint density at radius 1 is 1.30 bits per heavy atom. The van der Waals surface area contributed by atoms with Gasteiger partial charge in [0.2, 0.25) is 0 Å². The molecule has 3 aromatic rings. The number of carboxylic acid groups (broad SMARTS) is 1. The fraction of sp³-hybridized carbons (Fsp3) is 0.364.